The lowest BCUT2D eigenvalue weighted by molar-refractivity contribution is 0.415. The molecule has 1 unspecified atom stereocenters. The van der Waals surface area contributed by atoms with Crippen molar-refractivity contribution < 1.29 is 9.15 Å². The van der Waals surface area contributed by atoms with Crippen LogP contribution in [0.5, 0.6) is 5.75 Å². The van der Waals surface area contributed by atoms with Crippen molar-refractivity contribution >= 4 is 11.1 Å². The lowest BCUT2D eigenvalue weighted by Gasteiger charge is -2.02. The Morgan fingerprint density at radius 3 is 3.00 bits per heavy atom. The van der Waals surface area contributed by atoms with Gasteiger partial charge in [-0.1, -0.05) is 6.92 Å². The summed E-state index contributed by atoms with van der Waals surface area (Å²) in [5.74, 6) is 1.91. The summed E-state index contributed by atoms with van der Waals surface area (Å²) in [4.78, 5) is 4.41. The maximum atomic E-state index is 5.62. The number of benzene rings is 1. The summed E-state index contributed by atoms with van der Waals surface area (Å²) < 4.78 is 10.7. The van der Waals surface area contributed by atoms with Gasteiger partial charge >= 0.3 is 0 Å². The summed E-state index contributed by atoms with van der Waals surface area (Å²) in [6, 6.07) is 5.61. The predicted octanol–water partition coefficient (Wildman–Crippen LogP) is 1.97. The molecule has 0 aliphatic carbocycles. The van der Waals surface area contributed by atoms with E-state index in [-0.39, 0.29) is 0 Å². The first-order valence-electron chi connectivity index (χ1n) is 5.36. The van der Waals surface area contributed by atoms with E-state index in [2.05, 4.69) is 11.9 Å². The van der Waals surface area contributed by atoms with Crippen molar-refractivity contribution in [2.45, 2.75) is 13.3 Å². The Labute approximate surface area is 94.4 Å². The summed E-state index contributed by atoms with van der Waals surface area (Å²) in [6.45, 7) is 2.72. The molecular weight excluding hydrogens is 204 g/mol. The van der Waals surface area contributed by atoms with Gasteiger partial charge in [0.1, 0.15) is 11.3 Å². The highest BCUT2D eigenvalue weighted by molar-refractivity contribution is 5.74. The second-order valence-corrected chi connectivity index (χ2v) is 3.99. The van der Waals surface area contributed by atoms with Crippen LogP contribution in [0.15, 0.2) is 22.6 Å². The van der Waals surface area contributed by atoms with E-state index in [1.807, 2.05) is 18.2 Å². The van der Waals surface area contributed by atoms with Crippen molar-refractivity contribution in [1.82, 2.24) is 4.98 Å². The minimum absolute atomic E-state index is 0.384. The minimum atomic E-state index is 0.384. The molecule has 0 saturated carbocycles. The molecule has 86 valence electrons. The van der Waals surface area contributed by atoms with Crippen molar-refractivity contribution in [3.63, 3.8) is 0 Å². The molecule has 0 aliphatic heterocycles. The zero-order valence-electron chi connectivity index (χ0n) is 9.56. The van der Waals surface area contributed by atoms with Crippen molar-refractivity contribution in [2.75, 3.05) is 13.7 Å². The zero-order chi connectivity index (χ0) is 11.5. The summed E-state index contributed by atoms with van der Waals surface area (Å²) in [6.07, 6.45) is 0.771. The fourth-order valence-electron chi connectivity index (χ4n) is 1.55. The number of fused-ring (bicyclic) bond motifs is 1. The average molecular weight is 220 g/mol. The molecule has 1 heterocycles. The number of hydrogen-bond donors (Lipinski definition) is 1. The molecule has 1 atom stereocenters. The maximum Gasteiger partial charge on any atom is 0.195 e. The quantitative estimate of drug-likeness (QED) is 0.855. The van der Waals surface area contributed by atoms with Crippen molar-refractivity contribution in [1.29, 1.82) is 0 Å². The Kier molecular flexibility index (Phi) is 3.10. The van der Waals surface area contributed by atoms with Gasteiger partial charge in [-0.25, -0.2) is 4.98 Å². The molecule has 2 N–H and O–H groups in total. The van der Waals surface area contributed by atoms with Gasteiger partial charge in [-0.3, -0.25) is 0 Å². The van der Waals surface area contributed by atoms with Gasteiger partial charge in [0, 0.05) is 12.5 Å². The molecule has 4 heteroatoms. The van der Waals surface area contributed by atoms with Crippen LogP contribution < -0.4 is 10.5 Å². The predicted molar refractivity (Wildman–Crippen MR) is 62.5 cm³/mol. The molecule has 0 bridgehead atoms. The van der Waals surface area contributed by atoms with Crippen molar-refractivity contribution in [2.24, 2.45) is 11.7 Å². The number of ether oxygens (including phenoxy) is 1. The summed E-state index contributed by atoms with van der Waals surface area (Å²) >= 11 is 0. The van der Waals surface area contributed by atoms with Crippen molar-refractivity contribution in [3.8, 4) is 5.75 Å². The normalized spacial score (nSPS) is 12.9. The summed E-state index contributed by atoms with van der Waals surface area (Å²) in [5.41, 5.74) is 7.19. The van der Waals surface area contributed by atoms with E-state index in [1.54, 1.807) is 7.11 Å². The van der Waals surface area contributed by atoms with Crippen LogP contribution in [0, 0.1) is 5.92 Å². The smallest absolute Gasteiger partial charge is 0.195 e. The molecule has 0 amide bonds. The highest BCUT2D eigenvalue weighted by Gasteiger charge is 2.09. The van der Waals surface area contributed by atoms with E-state index in [4.69, 9.17) is 14.9 Å². The van der Waals surface area contributed by atoms with Crippen LogP contribution >= 0.6 is 0 Å². The molecule has 16 heavy (non-hydrogen) atoms. The topological polar surface area (TPSA) is 61.3 Å². The lowest BCUT2D eigenvalue weighted by atomic mass is 10.1. The van der Waals surface area contributed by atoms with Crippen LogP contribution in [-0.4, -0.2) is 18.6 Å². The Hall–Kier alpha value is -1.55. The van der Waals surface area contributed by atoms with Gasteiger partial charge in [0.15, 0.2) is 11.5 Å². The Morgan fingerprint density at radius 1 is 1.50 bits per heavy atom. The summed E-state index contributed by atoms with van der Waals surface area (Å²) in [5, 5.41) is 0. The molecule has 4 nitrogen and oxygen atoms in total. The first kappa shape index (κ1) is 11.0. The molecular formula is C12H16N2O2. The molecule has 1 aromatic heterocycles. The fourth-order valence-corrected chi connectivity index (χ4v) is 1.55. The molecule has 0 radical (unpaired) electrons. The van der Waals surface area contributed by atoms with E-state index < -0.39 is 0 Å². The highest BCUT2D eigenvalue weighted by atomic mass is 16.5. The van der Waals surface area contributed by atoms with Crippen LogP contribution in [0.3, 0.4) is 0 Å². The van der Waals surface area contributed by atoms with Crippen LogP contribution in [0.25, 0.3) is 11.1 Å². The lowest BCUT2D eigenvalue weighted by Crippen LogP contribution is -2.13. The number of methoxy groups -OCH3 is 1. The number of nitrogens with zero attached hydrogens (tertiary/aromatic N) is 1. The third-order valence-corrected chi connectivity index (χ3v) is 2.56. The fraction of sp³-hybridized carbons (Fsp3) is 0.417. The van der Waals surface area contributed by atoms with E-state index in [9.17, 15) is 0 Å². The first-order valence-corrected chi connectivity index (χ1v) is 5.36. The molecule has 0 saturated heterocycles. The molecule has 0 aliphatic rings. The van der Waals surface area contributed by atoms with Crippen LogP contribution in [0.2, 0.25) is 0 Å². The molecule has 2 rings (SSSR count). The van der Waals surface area contributed by atoms with E-state index in [0.29, 0.717) is 12.5 Å². The largest absolute Gasteiger partial charge is 0.497 e. The average Bonchev–Trinajstić information content (AvgIpc) is 2.69. The van der Waals surface area contributed by atoms with E-state index >= 15 is 0 Å². The number of hydrogen-bond acceptors (Lipinski definition) is 4. The van der Waals surface area contributed by atoms with Crippen LogP contribution in [0.4, 0.5) is 0 Å². The van der Waals surface area contributed by atoms with E-state index in [0.717, 1.165) is 29.2 Å². The van der Waals surface area contributed by atoms with Gasteiger partial charge in [-0.05, 0) is 24.6 Å². The number of nitrogens with two attached hydrogens (primary N) is 1. The third-order valence-electron chi connectivity index (χ3n) is 2.56. The van der Waals surface area contributed by atoms with Gasteiger partial charge in [0.25, 0.3) is 0 Å². The Balaban J connectivity index is 2.29. The molecule has 2 aromatic rings. The zero-order valence-corrected chi connectivity index (χ0v) is 9.56. The highest BCUT2D eigenvalue weighted by Crippen LogP contribution is 2.22. The standard InChI is InChI=1S/C12H16N2O2/c1-8(7-13)5-12-14-10-6-9(15-2)3-4-11(10)16-12/h3-4,6,8H,5,7,13H2,1-2H3. The van der Waals surface area contributed by atoms with E-state index in [1.165, 1.54) is 0 Å². The van der Waals surface area contributed by atoms with Crippen LogP contribution in [-0.2, 0) is 6.42 Å². The van der Waals surface area contributed by atoms with Gasteiger partial charge in [0.2, 0.25) is 0 Å². The summed E-state index contributed by atoms with van der Waals surface area (Å²) in [7, 11) is 1.64. The van der Waals surface area contributed by atoms with Gasteiger partial charge < -0.3 is 14.9 Å². The third kappa shape index (κ3) is 2.17. The maximum absolute atomic E-state index is 5.62. The molecule has 0 spiro atoms. The SMILES string of the molecule is COc1ccc2oc(CC(C)CN)nc2c1. The monoisotopic (exact) mass is 220 g/mol. The van der Waals surface area contributed by atoms with Crippen molar-refractivity contribution in [3.05, 3.63) is 24.1 Å². The minimum Gasteiger partial charge on any atom is -0.497 e. The Bertz CT molecular complexity index is 479. The number of rotatable bonds is 4. The second kappa shape index (κ2) is 4.53. The second-order valence-electron chi connectivity index (χ2n) is 3.99. The van der Waals surface area contributed by atoms with Gasteiger partial charge in [-0.2, -0.15) is 0 Å². The molecule has 0 fully saturated rings. The van der Waals surface area contributed by atoms with Gasteiger partial charge in [0.05, 0.1) is 7.11 Å². The van der Waals surface area contributed by atoms with Gasteiger partial charge in [-0.15, -0.1) is 0 Å². The number of aromatic nitrogens is 1. The first-order chi connectivity index (χ1) is 7.72. The molecule has 1 aromatic carbocycles. The Morgan fingerprint density at radius 2 is 2.31 bits per heavy atom. The number of oxazole rings is 1. The van der Waals surface area contributed by atoms with Crippen LogP contribution in [0.1, 0.15) is 12.8 Å².